The molecule has 0 unspecified atom stereocenters. The lowest BCUT2D eigenvalue weighted by atomic mass is 9.92. The van der Waals surface area contributed by atoms with Crippen molar-refractivity contribution in [1.29, 1.82) is 5.26 Å². The number of nitrogens with zero attached hydrogens (tertiary/aromatic N) is 2. The predicted octanol–water partition coefficient (Wildman–Crippen LogP) is 4.28. The van der Waals surface area contributed by atoms with E-state index in [4.69, 9.17) is 21.3 Å². The zero-order chi connectivity index (χ0) is 23.1. The maximum Gasteiger partial charge on any atom is 0.335 e. The van der Waals surface area contributed by atoms with E-state index in [2.05, 4.69) is 21.5 Å². The van der Waals surface area contributed by atoms with Gasteiger partial charge in [0.2, 0.25) is 0 Å². The highest BCUT2D eigenvalue weighted by Crippen LogP contribution is 2.33. The molecule has 8 nitrogen and oxygen atoms in total. The highest BCUT2D eigenvalue weighted by Gasteiger charge is 2.29. The fraction of sp³-hybridized carbons (Fsp3) is 0.167. The standard InChI is InChI=1S/C24H20N4O4/c1-26-16-7-5-9-18(11-16)28-22-13-19(23(29)31-2)21(12-20(22)24(30)32-3)27-17-8-4-6-15(10-17)14-25/h4-11,27-28H,12-13H2,2-3H3. The van der Waals surface area contributed by atoms with Gasteiger partial charge in [0.1, 0.15) is 0 Å². The fourth-order valence-electron chi connectivity index (χ4n) is 3.32. The molecule has 0 aliphatic heterocycles. The number of carbonyl (C=O) groups excluding carboxylic acids is 2. The van der Waals surface area contributed by atoms with Crippen LogP contribution in [0.1, 0.15) is 18.4 Å². The monoisotopic (exact) mass is 428 g/mol. The Labute approximate surface area is 185 Å². The van der Waals surface area contributed by atoms with E-state index in [1.54, 1.807) is 48.5 Å². The summed E-state index contributed by atoms with van der Waals surface area (Å²) in [6.45, 7) is 7.19. The molecule has 0 spiro atoms. The number of methoxy groups -OCH3 is 2. The number of allylic oxidation sites excluding steroid dienone is 2. The highest BCUT2D eigenvalue weighted by molar-refractivity contribution is 5.96. The van der Waals surface area contributed by atoms with E-state index in [-0.39, 0.29) is 12.8 Å². The zero-order valence-corrected chi connectivity index (χ0v) is 17.6. The van der Waals surface area contributed by atoms with E-state index in [1.807, 2.05) is 0 Å². The molecule has 2 aromatic carbocycles. The highest BCUT2D eigenvalue weighted by atomic mass is 16.5. The maximum atomic E-state index is 12.6. The third kappa shape index (κ3) is 4.94. The summed E-state index contributed by atoms with van der Waals surface area (Å²) < 4.78 is 9.93. The van der Waals surface area contributed by atoms with Gasteiger partial charge in [0.05, 0.1) is 43.6 Å². The molecule has 0 atom stereocenters. The first-order valence-electron chi connectivity index (χ1n) is 9.61. The van der Waals surface area contributed by atoms with E-state index in [9.17, 15) is 9.59 Å². The van der Waals surface area contributed by atoms with Crippen molar-refractivity contribution in [2.45, 2.75) is 12.8 Å². The van der Waals surface area contributed by atoms with Crippen molar-refractivity contribution in [3.8, 4) is 6.07 Å². The fourth-order valence-corrected chi connectivity index (χ4v) is 3.32. The van der Waals surface area contributed by atoms with Crippen LogP contribution in [0, 0.1) is 17.9 Å². The first-order chi connectivity index (χ1) is 15.5. The summed E-state index contributed by atoms with van der Waals surface area (Å²) in [4.78, 5) is 28.5. The lowest BCUT2D eigenvalue weighted by molar-refractivity contribution is -0.137. The first kappa shape index (κ1) is 22.1. The second-order valence-corrected chi connectivity index (χ2v) is 6.86. The number of carbonyl (C=O) groups is 2. The molecule has 0 saturated heterocycles. The van der Waals surface area contributed by atoms with Gasteiger partial charge >= 0.3 is 11.9 Å². The Balaban J connectivity index is 2.00. The lowest BCUT2D eigenvalue weighted by Crippen LogP contribution is -2.24. The molecule has 0 fully saturated rings. The SMILES string of the molecule is [C-]#[N+]c1cccc(NC2=C(C(=O)OC)CC(Nc3cccc(C#N)c3)=C(C(=O)OC)C2)c1. The topological polar surface area (TPSA) is 105 Å². The molecular formula is C24H20N4O4. The van der Waals surface area contributed by atoms with Crippen LogP contribution in [-0.2, 0) is 19.1 Å². The van der Waals surface area contributed by atoms with E-state index in [1.165, 1.54) is 14.2 Å². The molecule has 2 N–H and O–H groups in total. The third-order valence-electron chi connectivity index (χ3n) is 4.86. The van der Waals surface area contributed by atoms with Crippen molar-refractivity contribution in [2.24, 2.45) is 0 Å². The largest absolute Gasteiger partial charge is 0.466 e. The molecule has 1 aliphatic carbocycles. The minimum Gasteiger partial charge on any atom is -0.466 e. The van der Waals surface area contributed by atoms with Crippen LogP contribution in [0.5, 0.6) is 0 Å². The van der Waals surface area contributed by atoms with Crippen LogP contribution in [0.4, 0.5) is 17.1 Å². The van der Waals surface area contributed by atoms with E-state index >= 15 is 0 Å². The maximum absolute atomic E-state index is 12.6. The van der Waals surface area contributed by atoms with Crippen molar-refractivity contribution in [3.05, 3.63) is 88.1 Å². The Bertz CT molecular complexity index is 1120. The van der Waals surface area contributed by atoms with Gasteiger partial charge in [-0.15, -0.1) is 0 Å². The normalized spacial score (nSPS) is 13.0. The molecule has 0 amide bonds. The number of rotatable bonds is 6. The number of hydrogen-bond acceptors (Lipinski definition) is 7. The molecule has 0 radical (unpaired) electrons. The van der Waals surface area contributed by atoms with Crippen LogP contribution in [0.2, 0.25) is 0 Å². The second-order valence-electron chi connectivity index (χ2n) is 6.86. The van der Waals surface area contributed by atoms with Crippen LogP contribution in [-0.4, -0.2) is 26.2 Å². The van der Waals surface area contributed by atoms with Gasteiger partial charge in [0, 0.05) is 35.6 Å². The summed E-state index contributed by atoms with van der Waals surface area (Å²) >= 11 is 0. The summed E-state index contributed by atoms with van der Waals surface area (Å²) in [5.74, 6) is -1.08. The van der Waals surface area contributed by atoms with Crippen LogP contribution in [0.15, 0.2) is 71.1 Å². The van der Waals surface area contributed by atoms with Gasteiger partial charge < -0.3 is 20.1 Å². The van der Waals surface area contributed by atoms with Crippen LogP contribution >= 0.6 is 0 Å². The lowest BCUT2D eigenvalue weighted by Gasteiger charge is -2.25. The van der Waals surface area contributed by atoms with Crippen molar-refractivity contribution in [1.82, 2.24) is 0 Å². The van der Waals surface area contributed by atoms with Crippen LogP contribution < -0.4 is 10.6 Å². The Hall–Kier alpha value is -4.56. The third-order valence-corrected chi connectivity index (χ3v) is 4.86. The van der Waals surface area contributed by atoms with Gasteiger partial charge in [-0.25, -0.2) is 14.4 Å². The molecule has 0 heterocycles. The van der Waals surface area contributed by atoms with E-state index < -0.39 is 11.9 Å². The summed E-state index contributed by atoms with van der Waals surface area (Å²) in [6.07, 6.45) is 0.165. The Kier molecular flexibility index (Phi) is 6.89. The number of anilines is 2. The van der Waals surface area contributed by atoms with Gasteiger partial charge in [0.15, 0.2) is 5.69 Å². The Morgan fingerprint density at radius 3 is 1.97 bits per heavy atom. The number of benzene rings is 2. The molecule has 2 aromatic rings. The number of nitriles is 1. The minimum absolute atomic E-state index is 0.0821. The van der Waals surface area contributed by atoms with Gasteiger partial charge in [-0.2, -0.15) is 5.26 Å². The van der Waals surface area contributed by atoms with Crippen LogP contribution in [0.25, 0.3) is 4.85 Å². The zero-order valence-electron chi connectivity index (χ0n) is 17.6. The quantitative estimate of drug-likeness (QED) is 0.523. The number of nitrogens with one attached hydrogen (secondary N) is 2. The minimum atomic E-state index is -0.540. The van der Waals surface area contributed by atoms with Gasteiger partial charge in [-0.05, 0) is 30.3 Å². The molecule has 0 bridgehead atoms. The molecule has 8 heteroatoms. The predicted molar refractivity (Wildman–Crippen MR) is 118 cm³/mol. The van der Waals surface area contributed by atoms with Crippen molar-refractivity contribution >= 4 is 29.0 Å². The Morgan fingerprint density at radius 2 is 1.47 bits per heavy atom. The average Bonchev–Trinajstić information content (AvgIpc) is 2.83. The van der Waals surface area contributed by atoms with Crippen LogP contribution in [0.3, 0.4) is 0 Å². The molecule has 32 heavy (non-hydrogen) atoms. The first-order valence-corrected chi connectivity index (χ1v) is 9.61. The van der Waals surface area contributed by atoms with Crippen molar-refractivity contribution in [2.75, 3.05) is 24.9 Å². The Morgan fingerprint density at radius 1 is 0.938 bits per heavy atom. The molecule has 160 valence electrons. The smallest absolute Gasteiger partial charge is 0.335 e. The summed E-state index contributed by atoms with van der Waals surface area (Å²) in [7, 11) is 2.57. The summed E-state index contributed by atoms with van der Waals surface area (Å²) in [6, 6.07) is 15.7. The number of ether oxygens (including phenoxy) is 2. The molecule has 0 saturated carbocycles. The van der Waals surface area contributed by atoms with Crippen molar-refractivity contribution < 1.29 is 19.1 Å². The van der Waals surface area contributed by atoms with Crippen molar-refractivity contribution in [3.63, 3.8) is 0 Å². The summed E-state index contributed by atoms with van der Waals surface area (Å²) in [5.41, 5.74) is 3.75. The number of hydrogen-bond donors (Lipinski definition) is 2. The summed E-state index contributed by atoms with van der Waals surface area (Å²) in [5, 5.41) is 15.5. The number of esters is 2. The molecule has 1 aliphatic rings. The van der Waals surface area contributed by atoms with E-state index in [0.717, 1.165) is 0 Å². The molecule has 3 rings (SSSR count). The van der Waals surface area contributed by atoms with Gasteiger partial charge in [-0.1, -0.05) is 18.2 Å². The van der Waals surface area contributed by atoms with Gasteiger partial charge in [-0.3, -0.25) is 0 Å². The molecule has 0 aromatic heterocycles. The molecular weight excluding hydrogens is 408 g/mol. The average molecular weight is 428 g/mol. The second kappa shape index (κ2) is 9.96. The van der Waals surface area contributed by atoms with Gasteiger partial charge in [0.25, 0.3) is 0 Å². The van der Waals surface area contributed by atoms with E-state index in [0.29, 0.717) is 45.2 Å².